The first-order chi connectivity index (χ1) is 12.7. The number of para-hydroxylation sites is 1. The van der Waals surface area contributed by atoms with Crippen molar-refractivity contribution >= 4 is 27.3 Å². The standard InChI is InChI=1S/C21H28N2O3S/c1-5-17-8-6-7-9-20(17)22-21(24)14-15-23(27(4,25)26)19-12-10-18(11-13-19)16(2)3/h6-13,16H,5,14-15H2,1-4H3,(H,22,24). The van der Waals surface area contributed by atoms with Crippen LogP contribution in [-0.4, -0.2) is 27.1 Å². The molecule has 0 aromatic heterocycles. The Hall–Kier alpha value is -2.34. The summed E-state index contributed by atoms with van der Waals surface area (Å²) in [5, 5.41) is 2.88. The highest BCUT2D eigenvalue weighted by atomic mass is 32.2. The largest absolute Gasteiger partial charge is 0.326 e. The van der Waals surface area contributed by atoms with Gasteiger partial charge >= 0.3 is 0 Å². The molecular formula is C21H28N2O3S. The van der Waals surface area contributed by atoms with E-state index in [9.17, 15) is 13.2 Å². The van der Waals surface area contributed by atoms with Gasteiger partial charge in [-0.1, -0.05) is 51.1 Å². The van der Waals surface area contributed by atoms with Crippen molar-refractivity contribution in [2.24, 2.45) is 0 Å². The molecule has 0 aliphatic rings. The molecule has 0 spiro atoms. The van der Waals surface area contributed by atoms with Gasteiger partial charge in [-0.3, -0.25) is 9.10 Å². The van der Waals surface area contributed by atoms with Gasteiger partial charge in [-0.05, 0) is 41.7 Å². The van der Waals surface area contributed by atoms with Crippen LogP contribution in [0.3, 0.4) is 0 Å². The molecule has 2 aromatic rings. The molecule has 1 amide bonds. The zero-order valence-corrected chi connectivity index (χ0v) is 17.2. The molecule has 0 heterocycles. The van der Waals surface area contributed by atoms with Crippen LogP contribution < -0.4 is 9.62 Å². The lowest BCUT2D eigenvalue weighted by molar-refractivity contribution is -0.116. The van der Waals surface area contributed by atoms with Gasteiger partial charge in [0.1, 0.15) is 0 Å². The van der Waals surface area contributed by atoms with Crippen LogP contribution in [0.5, 0.6) is 0 Å². The summed E-state index contributed by atoms with van der Waals surface area (Å²) in [6.07, 6.45) is 2.05. The third-order valence-electron chi connectivity index (χ3n) is 4.46. The van der Waals surface area contributed by atoms with E-state index in [0.29, 0.717) is 11.6 Å². The zero-order chi connectivity index (χ0) is 20.0. The minimum atomic E-state index is -3.48. The van der Waals surface area contributed by atoms with Gasteiger partial charge in [0, 0.05) is 18.7 Å². The Balaban J connectivity index is 2.09. The van der Waals surface area contributed by atoms with E-state index >= 15 is 0 Å². The molecule has 0 unspecified atom stereocenters. The molecule has 0 saturated carbocycles. The number of benzene rings is 2. The second-order valence-corrected chi connectivity index (χ2v) is 8.80. The molecule has 0 aliphatic heterocycles. The monoisotopic (exact) mass is 388 g/mol. The number of rotatable bonds is 8. The van der Waals surface area contributed by atoms with Crippen LogP contribution in [0.2, 0.25) is 0 Å². The predicted octanol–water partition coefficient (Wildman–Crippen LogP) is 4.17. The number of hydrogen-bond acceptors (Lipinski definition) is 3. The number of aryl methyl sites for hydroxylation is 1. The molecule has 2 rings (SSSR count). The number of nitrogens with one attached hydrogen (secondary N) is 1. The molecule has 0 radical (unpaired) electrons. The minimum Gasteiger partial charge on any atom is -0.326 e. The summed E-state index contributed by atoms with van der Waals surface area (Å²) < 4.78 is 25.7. The average Bonchev–Trinajstić information content (AvgIpc) is 2.61. The normalized spacial score (nSPS) is 11.4. The van der Waals surface area contributed by atoms with E-state index in [1.165, 1.54) is 4.31 Å². The molecule has 0 fully saturated rings. The van der Waals surface area contributed by atoms with Gasteiger partial charge in [0.25, 0.3) is 0 Å². The molecule has 0 atom stereocenters. The third kappa shape index (κ3) is 5.82. The van der Waals surface area contributed by atoms with Crippen molar-refractivity contribution in [3.63, 3.8) is 0 Å². The molecular weight excluding hydrogens is 360 g/mol. The van der Waals surface area contributed by atoms with Crippen molar-refractivity contribution < 1.29 is 13.2 Å². The Morgan fingerprint density at radius 2 is 1.70 bits per heavy atom. The fraction of sp³-hybridized carbons (Fsp3) is 0.381. The fourth-order valence-electron chi connectivity index (χ4n) is 2.88. The minimum absolute atomic E-state index is 0.0804. The number of amides is 1. The molecule has 2 aromatic carbocycles. The Labute approximate surface area is 162 Å². The second kappa shape index (κ2) is 9.04. The van der Waals surface area contributed by atoms with Crippen LogP contribution in [0.15, 0.2) is 48.5 Å². The van der Waals surface area contributed by atoms with E-state index in [1.807, 2.05) is 43.3 Å². The summed E-state index contributed by atoms with van der Waals surface area (Å²) in [5.74, 6) is 0.165. The van der Waals surface area contributed by atoms with Gasteiger partial charge in [0.15, 0.2) is 0 Å². The van der Waals surface area contributed by atoms with Crippen molar-refractivity contribution in [1.29, 1.82) is 0 Å². The van der Waals surface area contributed by atoms with Gasteiger partial charge in [0.05, 0.1) is 11.9 Å². The summed E-state index contributed by atoms with van der Waals surface area (Å²) in [5.41, 5.74) is 3.54. The molecule has 0 saturated heterocycles. The lowest BCUT2D eigenvalue weighted by Gasteiger charge is -2.23. The molecule has 5 nitrogen and oxygen atoms in total. The van der Waals surface area contributed by atoms with Crippen molar-refractivity contribution in [3.8, 4) is 0 Å². The van der Waals surface area contributed by atoms with E-state index in [0.717, 1.165) is 29.5 Å². The Morgan fingerprint density at radius 1 is 1.07 bits per heavy atom. The van der Waals surface area contributed by atoms with Crippen LogP contribution in [0.4, 0.5) is 11.4 Å². The predicted molar refractivity (Wildman–Crippen MR) is 112 cm³/mol. The van der Waals surface area contributed by atoms with Gasteiger partial charge in [-0.25, -0.2) is 8.42 Å². The SMILES string of the molecule is CCc1ccccc1NC(=O)CCN(c1ccc(C(C)C)cc1)S(C)(=O)=O. The first kappa shape index (κ1) is 21.0. The maximum absolute atomic E-state index is 12.4. The first-order valence-corrected chi connectivity index (χ1v) is 11.0. The number of hydrogen-bond donors (Lipinski definition) is 1. The van der Waals surface area contributed by atoms with E-state index in [4.69, 9.17) is 0 Å². The van der Waals surface area contributed by atoms with Crippen molar-refractivity contribution in [2.75, 3.05) is 22.4 Å². The van der Waals surface area contributed by atoms with E-state index in [2.05, 4.69) is 19.2 Å². The quantitative estimate of drug-likeness (QED) is 0.738. The number of carbonyl (C=O) groups excluding carboxylic acids is 1. The van der Waals surface area contributed by atoms with E-state index in [1.54, 1.807) is 12.1 Å². The fourth-order valence-corrected chi connectivity index (χ4v) is 3.81. The molecule has 0 aliphatic carbocycles. The molecule has 6 heteroatoms. The highest BCUT2D eigenvalue weighted by Gasteiger charge is 2.19. The highest BCUT2D eigenvalue weighted by molar-refractivity contribution is 7.92. The van der Waals surface area contributed by atoms with Crippen molar-refractivity contribution in [3.05, 3.63) is 59.7 Å². The lowest BCUT2D eigenvalue weighted by atomic mass is 10.0. The topological polar surface area (TPSA) is 66.5 Å². The Morgan fingerprint density at radius 3 is 2.26 bits per heavy atom. The van der Waals surface area contributed by atoms with Crippen LogP contribution in [0.25, 0.3) is 0 Å². The zero-order valence-electron chi connectivity index (χ0n) is 16.4. The number of nitrogens with zero attached hydrogens (tertiary/aromatic N) is 1. The summed E-state index contributed by atoms with van der Waals surface area (Å²) in [6.45, 7) is 6.29. The number of anilines is 2. The van der Waals surface area contributed by atoms with E-state index in [-0.39, 0.29) is 18.9 Å². The van der Waals surface area contributed by atoms with Gasteiger partial charge in [0.2, 0.25) is 15.9 Å². The maximum Gasteiger partial charge on any atom is 0.232 e. The average molecular weight is 389 g/mol. The van der Waals surface area contributed by atoms with Crippen LogP contribution in [0, 0.1) is 0 Å². The molecule has 0 bridgehead atoms. The molecule has 146 valence electrons. The molecule has 1 N–H and O–H groups in total. The Kier molecular flexibility index (Phi) is 7.02. The molecule has 27 heavy (non-hydrogen) atoms. The van der Waals surface area contributed by atoms with Gasteiger partial charge in [-0.15, -0.1) is 0 Å². The van der Waals surface area contributed by atoms with Crippen LogP contribution in [0.1, 0.15) is 44.2 Å². The summed E-state index contributed by atoms with van der Waals surface area (Å²) >= 11 is 0. The van der Waals surface area contributed by atoms with Crippen LogP contribution in [-0.2, 0) is 21.2 Å². The lowest BCUT2D eigenvalue weighted by Crippen LogP contribution is -2.33. The number of carbonyl (C=O) groups is 1. The summed E-state index contributed by atoms with van der Waals surface area (Å²) in [4.78, 5) is 12.4. The smallest absolute Gasteiger partial charge is 0.232 e. The number of sulfonamides is 1. The summed E-state index contributed by atoms with van der Waals surface area (Å²) in [7, 11) is -3.48. The van der Waals surface area contributed by atoms with Crippen molar-refractivity contribution in [2.45, 2.75) is 39.5 Å². The van der Waals surface area contributed by atoms with Gasteiger partial charge < -0.3 is 5.32 Å². The third-order valence-corrected chi connectivity index (χ3v) is 5.66. The second-order valence-electron chi connectivity index (χ2n) is 6.89. The summed E-state index contributed by atoms with van der Waals surface area (Å²) in [6, 6.07) is 15.1. The Bertz CT molecular complexity index is 875. The van der Waals surface area contributed by atoms with Crippen LogP contribution >= 0.6 is 0 Å². The van der Waals surface area contributed by atoms with Crippen molar-refractivity contribution in [1.82, 2.24) is 0 Å². The van der Waals surface area contributed by atoms with E-state index < -0.39 is 10.0 Å². The van der Waals surface area contributed by atoms with Gasteiger partial charge in [-0.2, -0.15) is 0 Å². The first-order valence-electron chi connectivity index (χ1n) is 9.17. The highest BCUT2D eigenvalue weighted by Crippen LogP contribution is 2.22. The maximum atomic E-state index is 12.4.